The largest absolute Gasteiger partial charge is 0.474 e. The van der Waals surface area contributed by atoms with Gasteiger partial charge in [0.1, 0.15) is 12.4 Å². The molecule has 0 N–H and O–H groups in total. The van der Waals surface area contributed by atoms with Crippen LogP contribution in [-0.2, 0) is 9.84 Å². The molecule has 2 aromatic carbocycles. The highest BCUT2D eigenvalue weighted by molar-refractivity contribution is 7.90. The third-order valence-electron chi connectivity index (χ3n) is 5.95. The predicted octanol–water partition coefficient (Wildman–Crippen LogP) is 5.15. The van der Waals surface area contributed by atoms with Crippen molar-refractivity contribution in [1.82, 2.24) is 14.9 Å². The lowest BCUT2D eigenvalue weighted by Gasteiger charge is -2.31. The van der Waals surface area contributed by atoms with E-state index in [1.807, 2.05) is 0 Å². The van der Waals surface area contributed by atoms with E-state index in [1.165, 1.54) is 18.5 Å². The van der Waals surface area contributed by atoms with E-state index in [4.69, 9.17) is 32.7 Å². The first-order valence-electron chi connectivity index (χ1n) is 11.4. The van der Waals surface area contributed by atoms with Gasteiger partial charge in [-0.3, -0.25) is 9.69 Å². The van der Waals surface area contributed by atoms with Crippen molar-refractivity contribution in [2.24, 2.45) is 0 Å². The number of ketones is 1. The molecule has 0 unspecified atom stereocenters. The normalized spacial score (nSPS) is 14.9. The fraction of sp³-hybridized carbons (Fsp3) is 0.320. The zero-order valence-electron chi connectivity index (χ0n) is 20.1. The number of halogens is 3. The molecule has 37 heavy (non-hydrogen) atoms. The summed E-state index contributed by atoms with van der Waals surface area (Å²) in [5.74, 6) is -0.626. The molecule has 8 nitrogen and oxygen atoms in total. The first-order chi connectivity index (χ1) is 17.5. The summed E-state index contributed by atoms with van der Waals surface area (Å²) in [4.78, 5) is 22.8. The summed E-state index contributed by atoms with van der Waals surface area (Å²) in [6.45, 7) is 3.27. The van der Waals surface area contributed by atoms with E-state index in [-0.39, 0.29) is 35.0 Å². The van der Waals surface area contributed by atoms with Crippen molar-refractivity contribution in [3.8, 4) is 17.5 Å². The summed E-state index contributed by atoms with van der Waals surface area (Å²) >= 11 is 11.9. The average molecular weight is 568 g/mol. The topological polar surface area (TPSA) is 98.7 Å². The van der Waals surface area contributed by atoms with Gasteiger partial charge in [0.05, 0.1) is 27.0 Å². The molecule has 0 spiro atoms. The Kier molecular flexibility index (Phi) is 8.33. The van der Waals surface area contributed by atoms with Crippen LogP contribution in [0.15, 0.2) is 47.6 Å². The molecule has 0 saturated carbocycles. The lowest BCUT2D eigenvalue weighted by atomic mass is 10.1. The van der Waals surface area contributed by atoms with Gasteiger partial charge in [-0.15, -0.1) is 0 Å². The van der Waals surface area contributed by atoms with Crippen LogP contribution in [0.25, 0.3) is 0 Å². The molecule has 0 radical (unpaired) electrons. The second-order valence-electron chi connectivity index (χ2n) is 8.72. The third-order valence-corrected chi connectivity index (χ3v) is 7.80. The lowest BCUT2D eigenvalue weighted by molar-refractivity contribution is 0.0774. The van der Waals surface area contributed by atoms with Gasteiger partial charge >= 0.3 is 0 Å². The van der Waals surface area contributed by atoms with Crippen molar-refractivity contribution in [3.63, 3.8) is 0 Å². The molecular formula is C25H24Cl2FN3O5S. The number of Topliss-reactive ketones (excluding diaryl/α,β-unsaturated/α-hetero) is 1. The minimum Gasteiger partial charge on any atom is -0.474 e. The standard InChI is InChI=1S/C25H24Cl2FN3O5S/c1-15-24(29-14-30-25(15)36-23-6-4-18(12-21(23)28)37(2,33)34)35-17-7-9-31(10-8-17)13-22(32)16-3-5-19(26)20(27)11-16/h3-6,11-12,14,17H,7-10,13H2,1-2H3. The molecule has 1 saturated heterocycles. The van der Waals surface area contributed by atoms with Crippen LogP contribution in [0.5, 0.6) is 17.5 Å². The van der Waals surface area contributed by atoms with Gasteiger partial charge in [0.25, 0.3) is 0 Å². The maximum atomic E-state index is 14.4. The average Bonchev–Trinajstić information content (AvgIpc) is 2.85. The van der Waals surface area contributed by atoms with Crippen LogP contribution in [0.3, 0.4) is 0 Å². The van der Waals surface area contributed by atoms with Gasteiger partial charge in [0.15, 0.2) is 27.2 Å². The van der Waals surface area contributed by atoms with Crippen molar-refractivity contribution >= 4 is 38.8 Å². The highest BCUT2D eigenvalue weighted by atomic mass is 35.5. The molecule has 0 atom stereocenters. The number of nitrogens with zero attached hydrogens (tertiary/aromatic N) is 3. The molecule has 0 bridgehead atoms. The van der Waals surface area contributed by atoms with Gasteiger partial charge in [-0.05, 0) is 56.2 Å². The quantitative estimate of drug-likeness (QED) is 0.344. The Morgan fingerprint density at radius 1 is 1.08 bits per heavy atom. The van der Waals surface area contributed by atoms with Gasteiger partial charge in [-0.1, -0.05) is 23.2 Å². The predicted molar refractivity (Wildman–Crippen MR) is 137 cm³/mol. The molecule has 3 aromatic rings. The van der Waals surface area contributed by atoms with Crippen molar-refractivity contribution in [1.29, 1.82) is 0 Å². The van der Waals surface area contributed by atoms with Crippen molar-refractivity contribution in [3.05, 3.63) is 69.7 Å². The third kappa shape index (κ3) is 6.75. The molecule has 1 aliphatic rings. The first kappa shape index (κ1) is 27.3. The SMILES string of the molecule is Cc1c(Oc2ccc(S(C)(=O)=O)cc2F)ncnc1OC1CCN(CC(=O)c2ccc(Cl)c(Cl)c2)CC1. The summed E-state index contributed by atoms with van der Waals surface area (Å²) in [7, 11) is -3.55. The summed E-state index contributed by atoms with van der Waals surface area (Å²) in [5.41, 5.74) is 0.991. The summed E-state index contributed by atoms with van der Waals surface area (Å²) < 4.78 is 49.4. The van der Waals surface area contributed by atoms with Gasteiger partial charge < -0.3 is 9.47 Å². The molecule has 1 aromatic heterocycles. The van der Waals surface area contributed by atoms with Crippen LogP contribution < -0.4 is 9.47 Å². The Morgan fingerprint density at radius 2 is 1.78 bits per heavy atom. The molecule has 4 rings (SSSR count). The van der Waals surface area contributed by atoms with Crippen LogP contribution in [-0.4, -0.2) is 61.1 Å². The Hall–Kier alpha value is -2.79. The molecular weight excluding hydrogens is 544 g/mol. The highest BCUT2D eigenvalue weighted by Crippen LogP contribution is 2.31. The van der Waals surface area contributed by atoms with E-state index in [0.29, 0.717) is 53.0 Å². The monoisotopic (exact) mass is 567 g/mol. The summed E-state index contributed by atoms with van der Waals surface area (Å²) in [6, 6.07) is 8.25. The first-order valence-corrected chi connectivity index (χ1v) is 14.0. The zero-order chi connectivity index (χ0) is 26.7. The number of hydrogen-bond acceptors (Lipinski definition) is 8. The maximum absolute atomic E-state index is 14.4. The molecule has 0 aliphatic carbocycles. The Bertz CT molecular complexity index is 1430. The van der Waals surface area contributed by atoms with E-state index in [9.17, 15) is 17.6 Å². The molecule has 196 valence electrons. The highest BCUT2D eigenvalue weighted by Gasteiger charge is 2.24. The fourth-order valence-corrected chi connectivity index (χ4v) is 4.78. The number of likely N-dealkylation sites (tertiary alicyclic amines) is 1. The molecule has 12 heteroatoms. The Balaban J connectivity index is 1.35. The van der Waals surface area contributed by atoms with Crippen molar-refractivity contribution < 1.29 is 27.1 Å². The minimum absolute atomic E-state index is 0.0387. The smallest absolute Gasteiger partial charge is 0.229 e. The van der Waals surface area contributed by atoms with Crippen molar-refractivity contribution in [2.75, 3.05) is 25.9 Å². The van der Waals surface area contributed by atoms with Gasteiger partial charge in [0, 0.05) is 24.9 Å². The number of rotatable bonds is 8. The number of carbonyl (C=O) groups excluding carboxylic acids is 1. The fourth-order valence-electron chi connectivity index (χ4n) is 3.85. The van der Waals surface area contributed by atoms with Gasteiger partial charge in [0.2, 0.25) is 11.8 Å². The second-order valence-corrected chi connectivity index (χ2v) is 11.6. The lowest BCUT2D eigenvalue weighted by Crippen LogP contribution is -2.41. The Morgan fingerprint density at radius 3 is 2.43 bits per heavy atom. The zero-order valence-corrected chi connectivity index (χ0v) is 22.4. The van der Waals surface area contributed by atoms with E-state index in [1.54, 1.807) is 25.1 Å². The molecule has 1 fully saturated rings. The number of ether oxygens (including phenoxy) is 2. The van der Waals surface area contributed by atoms with E-state index in [2.05, 4.69) is 14.9 Å². The molecule has 2 heterocycles. The van der Waals surface area contributed by atoms with Gasteiger partial charge in [-0.25, -0.2) is 22.8 Å². The second kappa shape index (κ2) is 11.3. The Labute approximate surface area is 224 Å². The summed E-state index contributed by atoms with van der Waals surface area (Å²) in [5, 5.41) is 0.747. The molecule has 1 aliphatic heterocycles. The number of carbonyl (C=O) groups is 1. The number of aromatic nitrogens is 2. The summed E-state index contributed by atoms with van der Waals surface area (Å²) in [6.07, 6.45) is 3.47. The van der Waals surface area contributed by atoms with Crippen LogP contribution in [0, 0.1) is 12.7 Å². The number of benzene rings is 2. The minimum atomic E-state index is -3.55. The number of sulfone groups is 1. The van der Waals surface area contributed by atoms with E-state index in [0.717, 1.165) is 12.3 Å². The van der Waals surface area contributed by atoms with E-state index >= 15 is 0 Å². The van der Waals surface area contributed by atoms with Gasteiger partial charge in [-0.2, -0.15) is 0 Å². The van der Waals surface area contributed by atoms with Crippen LogP contribution >= 0.6 is 23.2 Å². The van der Waals surface area contributed by atoms with Crippen LogP contribution in [0.1, 0.15) is 28.8 Å². The van der Waals surface area contributed by atoms with Crippen LogP contribution in [0.2, 0.25) is 10.0 Å². The maximum Gasteiger partial charge on any atom is 0.229 e. The number of hydrogen-bond donors (Lipinski definition) is 0. The van der Waals surface area contributed by atoms with Crippen molar-refractivity contribution in [2.45, 2.75) is 30.8 Å². The van der Waals surface area contributed by atoms with Crippen LogP contribution in [0.4, 0.5) is 4.39 Å². The van der Waals surface area contributed by atoms with E-state index < -0.39 is 15.7 Å². The molecule has 0 amide bonds. The number of piperidine rings is 1.